The molecule has 148 valence electrons. The second kappa shape index (κ2) is 6.55. The van der Waals surface area contributed by atoms with Crippen LogP contribution in [0.1, 0.15) is 68.7 Å². The molecule has 1 atom stereocenters. The van der Waals surface area contributed by atoms with Gasteiger partial charge in [0.25, 0.3) is 0 Å². The summed E-state index contributed by atoms with van der Waals surface area (Å²) in [5.74, 6) is 3.64. The molecule has 1 aromatic heterocycles. The van der Waals surface area contributed by atoms with E-state index in [1.165, 1.54) is 54.7 Å². The maximum Gasteiger partial charge on any atom is 0.223 e. The van der Waals surface area contributed by atoms with Crippen LogP contribution in [0.15, 0.2) is 24.3 Å². The van der Waals surface area contributed by atoms with Crippen molar-refractivity contribution in [3.8, 4) is 0 Å². The zero-order chi connectivity index (χ0) is 18.7. The smallest absolute Gasteiger partial charge is 0.223 e. The number of benzene rings is 1. The van der Waals surface area contributed by atoms with Crippen molar-refractivity contribution in [2.75, 3.05) is 13.1 Å². The molecule has 1 aliphatic heterocycles. The lowest BCUT2D eigenvalue weighted by molar-refractivity contribution is -0.140. The minimum atomic E-state index is 0.356. The zero-order valence-corrected chi connectivity index (χ0v) is 17.4. The SMILES string of the molecule is O=C(CC12CC3CC(CC(C3)C1)C2)N1CCC[C@@H](c2nc3ccccc3s2)C1. The average Bonchev–Trinajstić information content (AvgIpc) is 3.11. The average molecular weight is 395 g/mol. The number of rotatable bonds is 3. The molecule has 1 saturated heterocycles. The standard InChI is InChI=1S/C24H30N2OS/c27-22(14-24-11-16-8-17(12-24)10-18(9-16)13-24)26-7-3-4-19(15-26)23-25-20-5-1-2-6-21(20)28-23/h1-2,5-6,16-19H,3-4,7-15H2/t16?,17?,18?,19-,24?/m1/s1. The number of nitrogens with zero attached hydrogens (tertiary/aromatic N) is 2. The number of thiazole rings is 1. The lowest BCUT2D eigenvalue weighted by Crippen LogP contribution is -2.49. The normalized spacial score (nSPS) is 36.9. The van der Waals surface area contributed by atoms with Gasteiger partial charge < -0.3 is 4.90 Å². The van der Waals surface area contributed by atoms with Gasteiger partial charge in [-0.25, -0.2) is 4.98 Å². The van der Waals surface area contributed by atoms with Gasteiger partial charge in [0.2, 0.25) is 5.91 Å². The first-order chi connectivity index (χ1) is 13.7. The van der Waals surface area contributed by atoms with E-state index in [4.69, 9.17) is 4.98 Å². The number of piperidine rings is 1. The maximum atomic E-state index is 13.3. The molecular weight excluding hydrogens is 364 g/mol. The molecule has 5 aliphatic rings. The van der Waals surface area contributed by atoms with Crippen molar-refractivity contribution in [2.24, 2.45) is 23.2 Å². The highest BCUT2D eigenvalue weighted by atomic mass is 32.1. The highest BCUT2D eigenvalue weighted by Gasteiger charge is 2.51. The Bertz CT molecular complexity index is 835. The molecule has 0 spiro atoms. The first-order valence-corrected chi connectivity index (χ1v) is 12.1. The third-order valence-corrected chi connectivity index (χ3v) is 9.32. The zero-order valence-electron chi connectivity index (χ0n) is 16.6. The van der Waals surface area contributed by atoms with Gasteiger partial charge in [0.05, 0.1) is 15.2 Å². The van der Waals surface area contributed by atoms with E-state index in [1.807, 2.05) is 11.3 Å². The minimum absolute atomic E-state index is 0.356. The van der Waals surface area contributed by atoms with Crippen LogP contribution in [-0.4, -0.2) is 28.9 Å². The van der Waals surface area contributed by atoms with Crippen LogP contribution in [0, 0.1) is 23.2 Å². The van der Waals surface area contributed by atoms with Crippen molar-refractivity contribution >= 4 is 27.5 Å². The molecule has 2 aromatic rings. The van der Waals surface area contributed by atoms with Crippen molar-refractivity contribution in [3.63, 3.8) is 0 Å². The summed E-state index contributed by atoms with van der Waals surface area (Å²) in [6.07, 6.45) is 11.5. The van der Waals surface area contributed by atoms with Gasteiger partial charge in [-0.15, -0.1) is 11.3 Å². The van der Waals surface area contributed by atoms with Gasteiger partial charge in [-0.2, -0.15) is 0 Å². The molecule has 4 saturated carbocycles. The lowest BCUT2D eigenvalue weighted by atomic mass is 9.49. The first-order valence-electron chi connectivity index (χ1n) is 11.3. The summed E-state index contributed by atoms with van der Waals surface area (Å²) in [4.78, 5) is 20.4. The number of carbonyl (C=O) groups is 1. The second-order valence-corrected chi connectivity index (χ2v) is 11.4. The predicted octanol–water partition coefficient (Wildman–Crippen LogP) is 5.61. The largest absolute Gasteiger partial charge is 0.342 e. The van der Waals surface area contributed by atoms with Crippen molar-refractivity contribution < 1.29 is 4.79 Å². The number of hydrogen-bond acceptors (Lipinski definition) is 3. The molecule has 1 amide bonds. The van der Waals surface area contributed by atoms with Gasteiger partial charge in [0.1, 0.15) is 0 Å². The van der Waals surface area contributed by atoms with Gasteiger partial charge in [-0.3, -0.25) is 4.79 Å². The molecule has 0 radical (unpaired) electrons. The molecule has 28 heavy (non-hydrogen) atoms. The highest BCUT2D eigenvalue weighted by Crippen LogP contribution is 2.61. The number of carbonyl (C=O) groups excluding carboxylic acids is 1. The molecule has 4 bridgehead atoms. The molecule has 7 rings (SSSR count). The topological polar surface area (TPSA) is 33.2 Å². The van der Waals surface area contributed by atoms with Crippen LogP contribution < -0.4 is 0 Å². The quantitative estimate of drug-likeness (QED) is 0.678. The first kappa shape index (κ1) is 17.4. The van der Waals surface area contributed by atoms with Gasteiger partial charge in [0.15, 0.2) is 0 Å². The van der Waals surface area contributed by atoms with E-state index in [-0.39, 0.29) is 0 Å². The minimum Gasteiger partial charge on any atom is -0.342 e. The van der Waals surface area contributed by atoms with Crippen LogP contribution in [0.2, 0.25) is 0 Å². The molecule has 3 nitrogen and oxygen atoms in total. The summed E-state index contributed by atoms with van der Waals surface area (Å²) in [6.45, 7) is 1.83. The number of fused-ring (bicyclic) bond motifs is 1. The fourth-order valence-electron chi connectivity index (χ4n) is 7.41. The van der Waals surface area contributed by atoms with Crippen molar-refractivity contribution in [2.45, 2.75) is 63.7 Å². The molecular formula is C24H30N2OS. The monoisotopic (exact) mass is 394 g/mol. The van der Waals surface area contributed by atoms with Crippen LogP contribution in [0.4, 0.5) is 0 Å². The maximum absolute atomic E-state index is 13.3. The van der Waals surface area contributed by atoms with Crippen LogP contribution in [0.25, 0.3) is 10.2 Å². The Hall–Kier alpha value is -1.42. The van der Waals surface area contributed by atoms with Gasteiger partial charge in [-0.05, 0) is 86.7 Å². The lowest BCUT2D eigenvalue weighted by Gasteiger charge is -2.57. The molecule has 5 fully saturated rings. The summed E-state index contributed by atoms with van der Waals surface area (Å²) in [7, 11) is 0. The van der Waals surface area contributed by atoms with Crippen molar-refractivity contribution in [1.29, 1.82) is 0 Å². The van der Waals surface area contributed by atoms with Crippen molar-refractivity contribution in [3.05, 3.63) is 29.3 Å². The van der Waals surface area contributed by atoms with E-state index in [9.17, 15) is 4.79 Å². The summed E-state index contributed by atoms with van der Waals surface area (Å²) >= 11 is 1.82. The van der Waals surface area contributed by atoms with Gasteiger partial charge in [-0.1, -0.05) is 12.1 Å². The van der Waals surface area contributed by atoms with Crippen molar-refractivity contribution in [1.82, 2.24) is 9.88 Å². The Morgan fingerprint density at radius 3 is 2.54 bits per heavy atom. The fourth-order valence-corrected chi connectivity index (χ4v) is 8.50. The summed E-state index contributed by atoms with van der Waals surface area (Å²) in [6, 6.07) is 8.42. The summed E-state index contributed by atoms with van der Waals surface area (Å²) in [5.41, 5.74) is 1.47. The number of aromatic nitrogens is 1. The number of amides is 1. The number of likely N-dealkylation sites (tertiary alicyclic amines) is 1. The molecule has 0 unspecified atom stereocenters. The molecule has 1 aromatic carbocycles. The van der Waals surface area contributed by atoms with E-state index in [1.54, 1.807) is 0 Å². The van der Waals surface area contributed by atoms with Gasteiger partial charge >= 0.3 is 0 Å². The van der Waals surface area contributed by atoms with Gasteiger partial charge in [0, 0.05) is 25.4 Å². The Balaban J connectivity index is 1.17. The Morgan fingerprint density at radius 1 is 1.11 bits per heavy atom. The summed E-state index contributed by atoms with van der Waals surface area (Å²) < 4.78 is 1.27. The third kappa shape index (κ3) is 2.99. The van der Waals surface area contributed by atoms with E-state index >= 15 is 0 Å². The fraction of sp³-hybridized carbons (Fsp3) is 0.667. The second-order valence-electron chi connectivity index (χ2n) is 10.3. The molecule has 0 N–H and O–H groups in total. The van der Waals surface area contributed by atoms with E-state index in [0.29, 0.717) is 17.2 Å². The van der Waals surface area contributed by atoms with E-state index < -0.39 is 0 Å². The Labute approximate surface area is 171 Å². The Kier molecular flexibility index (Phi) is 4.08. The number of para-hydroxylation sites is 1. The molecule has 4 heteroatoms. The van der Waals surface area contributed by atoms with E-state index in [0.717, 1.165) is 49.2 Å². The molecule has 4 aliphatic carbocycles. The van der Waals surface area contributed by atoms with Crippen LogP contribution >= 0.6 is 11.3 Å². The number of hydrogen-bond donors (Lipinski definition) is 0. The van der Waals surface area contributed by atoms with Crippen LogP contribution in [0.5, 0.6) is 0 Å². The van der Waals surface area contributed by atoms with Crippen LogP contribution in [0.3, 0.4) is 0 Å². The van der Waals surface area contributed by atoms with E-state index in [2.05, 4.69) is 29.2 Å². The molecule has 2 heterocycles. The third-order valence-electron chi connectivity index (χ3n) is 8.13. The predicted molar refractivity (Wildman–Crippen MR) is 113 cm³/mol. The highest BCUT2D eigenvalue weighted by molar-refractivity contribution is 7.18. The van der Waals surface area contributed by atoms with Crippen LogP contribution in [-0.2, 0) is 4.79 Å². The summed E-state index contributed by atoms with van der Waals surface area (Å²) in [5, 5.41) is 1.23. The Morgan fingerprint density at radius 2 is 1.82 bits per heavy atom.